The number of carboxylic acid groups (broad SMARTS) is 1. The van der Waals surface area contributed by atoms with Crippen LogP contribution in [0.4, 0.5) is 0 Å². The molecule has 3 rings (SSSR count). The topological polar surface area (TPSA) is 82.5 Å². The lowest BCUT2D eigenvalue weighted by Crippen LogP contribution is -2.42. The third-order valence-corrected chi connectivity index (χ3v) is 6.09. The number of pyridine rings is 1. The highest BCUT2D eigenvalue weighted by Crippen LogP contribution is 2.28. The van der Waals surface area contributed by atoms with Crippen LogP contribution in [0.1, 0.15) is 41.9 Å². The number of carbonyl (C=O) groups is 2. The van der Waals surface area contributed by atoms with Crippen molar-refractivity contribution in [1.82, 2.24) is 15.2 Å². The number of fused-ring (bicyclic) bond motifs is 2. The fourth-order valence-corrected chi connectivity index (χ4v) is 4.30. The van der Waals surface area contributed by atoms with Crippen molar-refractivity contribution in [3.05, 3.63) is 41.1 Å². The fraction of sp³-hybridized carbons (Fsp3) is 0.476. The Bertz CT molecular complexity index is 871. The number of nitrogens with one attached hydrogen (secondary N) is 1. The molecule has 1 aromatic heterocycles. The minimum absolute atomic E-state index is 0.318. The molecule has 0 aliphatic carbocycles. The van der Waals surface area contributed by atoms with Crippen molar-refractivity contribution in [3.8, 4) is 0 Å². The molecular formula is C21H27N3O3S. The molecule has 28 heavy (non-hydrogen) atoms. The number of carboxylic acids is 1. The van der Waals surface area contributed by atoms with Gasteiger partial charge >= 0.3 is 5.97 Å². The molecule has 2 aromatic rings. The van der Waals surface area contributed by atoms with E-state index in [9.17, 15) is 14.7 Å². The van der Waals surface area contributed by atoms with Crippen LogP contribution in [0, 0.1) is 0 Å². The monoisotopic (exact) mass is 401 g/mol. The van der Waals surface area contributed by atoms with Gasteiger partial charge in [-0.2, -0.15) is 11.8 Å². The highest BCUT2D eigenvalue weighted by atomic mass is 32.2. The molecule has 1 aromatic carbocycles. The standard InChI is InChI=1S/C21H27N3O3S/c1-3-24-11-9-17-15(13-24)19(14-7-5-6-8-16(14)22-17)20(25)23-18(21(26)27)10-12-28-4-2/h5-8,18H,3-4,9-13H2,1-2H3,(H,23,25)(H,26,27). The van der Waals surface area contributed by atoms with Crippen molar-refractivity contribution in [2.24, 2.45) is 0 Å². The Balaban J connectivity index is 1.98. The third kappa shape index (κ3) is 4.47. The number of nitrogens with zero attached hydrogens (tertiary/aromatic N) is 2. The van der Waals surface area contributed by atoms with Gasteiger partial charge in [-0.1, -0.05) is 32.0 Å². The summed E-state index contributed by atoms with van der Waals surface area (Å²) in [5.74, 6) is 0.316. The molecule has 0 fully saturated rings. The molecule has 2 heterocycles. The molecule has 150 valence electrons. The molecule has 6 nitrogen and oxygen atoms in total. The second-order valence-corrected chi connectivity index (χ2v) is 8.29. The zero-order chi connectivity index (χ0) is 20.1. The Kier molecular flexibility index (Phi) is 6.91. The maximum absolute atomic E-state index is 13.2. The van der Waals surface area contributed by atoms with E-state index in [0.29, 0.717) is 24.3 Å². The number of thioether (sulfide) groups is 1. The molecule has 1 unspecified atom stereocenters. The number of amides is 1. The Morgan fingerprint density at radius 1 is 1.32 bits per heavy atom. The second-order valence-electron chi connectivity index (χ2n) is 6.90. The van der Waals surface area contributed by atoms with Crippen molar-refractivity contribution in [3.63, 3.8) is 0 Å². The Morgan fingerprint density at radius 2 is 2.11 bits per heavy atom. The highest BCUT2D eigenvalue weighted by Gasteiger charge is 2.28. The first-order chi connectivity index (χ1) is 13.5. The van der Waals surface area contributed by atoms with Gasteiger partial charge in [0.15, 0.2) is 0 Å². The maximum Gasteiger partial charge on any atom is 0.326 e. The predicted octanol–water partition coefficient (Wildman–Crippen LogP) is 2.94. The van der Waals surface area contributed by atoms with Gasteiger partial charge in [-0.3, -0.25) is 14.7 Å². The minimum atomic E-state index is -0.993. The predicted molar refractivity (Wildman–Crippen MR) is 113 cm³/mol. The van der Waals surface area contributed by atoms with Crippen LogP contribution in [-0.4, -0.2) is 57.5 Å². The molecule has 0 bridgehead atoms. The fourth-order valence-electron chi connectivity index (χ4n) is 3.61. The number of rotatable bonds is 8. The number of aromatic nitrogens is 1. The van der Waals surface area contributed by atoms with Crippen LogP contribution in [0.2, 0.25) is 0 Å². The lowest BCUT2D eigenvalue weighted by Gasteiger charge is -2.29. The van der Waals surface area contributed by atoms with Gasteiger partial charge in [-0.15, -0.1) is 0 Å². The van der Waals surface area contributed by atoms with Gasteiger partial charge in [-0.25, -0.2) is 4.79 Å². The summed E-state index contributed by atoms with van der Waals surface area (Å²) in [6.45, 7) is 6.62. The Hall–Kier alpha value is -2.12. The van der Waals surface area contributed by atoms with E-state index in [2.05, 4.69) is 17.1 Å². The lowest BCUT2D eigenvalue weighted by molar-refractivity contribution is -0.139. The largest absolute Gasteiger partial charge is 0.480 e. The van der Waals surface area contributed by atoms with Gasteiger partial charge < -0.3 is 10.4 Å². The Labute approximate surface area is 169 Å². The summed E-state index contributed by atoms with van der Waals surface area (Å²) in [4.78, 5) is 32.0. The van der Waals surface area contributed by atoms with Gasteiger partial charge in [0, 0.05) is 36.2 Å². The van der Waals surface area contributed by atoms with E-state index in [1.807, 2.05) is 31.2 Å². The summed E-state index contributed by atoms with van der Waals surface area (Å²) in [5, 5.41) is 13.1. The zero-order valence-electron chi connectivity index (χ0n) is 16.4. The number of likely N-dealkylation sites (N-methyl/N-ethyl adjacent to an activating group) is 1. The average Bonchev–Trinajstić information content (AvgIpc) is 2.70. The summed E-state index contributed by atoms with van der Waals surface area (Å²) in [6, 6.07) is 6.71. The van der Waals surface area contributed by atoms with Gasteiger partial charge in [0.05, 0.1) is 11.1 Å². The van der Waals surface area contributed by atoms with Crippen molar-refractivity contribution in [2.45, 2.75) is 39.3 Å². The molecule has 2 N–H and O–H groups in total. The first kappa shape index (κ1) is 20.6. The number of hydrogen-bond donors (Lipinski definition) is 2. The van der Waals surface area contributed by atoms with Gasteiger partial charge in [0.25, 0.3) is 5.91 Å². The van der Waals surface area contributed by atoms with Crippen LogP contribution in [0.15, 0.2) is 24.3 Å². The number of hydrogen-bond acceptors (Lipinski definition) is 5. The van der Waals surface area contributed by atoms with E-state index in [1.165, 1.54) is 0 Å². The van der Waals surface area contributed by atoms with Gasteiger partial charge in [-0.05, 0) is 30.5 Å². The number of para-hydroxylation sites is 1. The Morgan fingerprint density at radius 3 is 2.82 bits per heavy atom. The van der Waals surface area contributed by atoms with E-state index in [1.54, 1.807) is 11.8 Å². The van der Waals surface area contributed by atoms with Crippen molar-refractivity contribution in [2.75, 3.05) is 24.6 Å². The van der Waals surface area contributed by atoms with E-state index >= 15 is 0 Å². The van der Waals surface area contributed by atoms with E-state index < -0.39 is 12.0 Å². The first-order valence-electron chi connectivity index (χ1n) is 9.79. The summed E-state index contributed by atoms with van der Waals surface area (Å²) in [6.07, 6.45) is 1.20. The second kappa shape index (κ2) is 9.39. The molecule has 0 spiro atoms. The van der Waals surface area contributed by atoms with E-state index in [0.717, 1.165) is 47.4 Å². The van der Waals surface area contributed by atoms with Crippen LogP contribution < -0.4 is 5.32 Å². The molecule has 1 atom stereocenters. The van der Waals surface area contributed by atoms with Gasteiger partial charge in [0.2, 0.25) is 0 Å². The van der Waals surface area contributed by atoms with Crippen molar-refractivity contribution < 1.29 is 14.7 Å². The van der Waals surface area contributed by atoms with E-state index in [-0.39, 0.29) is 5.91 Å². The smallest absolute Gasteiger partial charge is 0.326 e. The van der Waals surface area contributed by atoms with Gasteiger partial charge in [0.1, 0.15) is 6.04 Å². The highest BCUT2D eigenvalue weighted by molar-refractivity contribution is 7.99. The van der Waals surface area contributed by atoms with Crippen LogP contribution in [-0.2, 0) is 17.8 Å². The lowest BCUT2D eigenvalue weighted by atomic mass is 9.95. The summed E-state index contributed by atoms with van der Waals surface area (Å²) in [7, 11) is 0. The third-order valence-electron chi connectivity index (χ3n) is 5.16. The molecule has 0 radical (unpaired) electrons. The SMILES string of the molecule is CCSCCC(NC(=O)c1c2c(nc3ccccc13)CCN(CC)C2)C(=O)O. The minimum Gasteiger partial charge on any atom is -0.480 e. The zero-order valence-corrected chi connectivity index (χ0v) is 17.2. The average molecular weight is 402 g/mol. The summed E-state index contributed by atoms with van der Waals surface area (Å²) >= 11 is 1.67. The number of carbonyl (C=O) groups excluding carboxylic acids is 1. The normalized spacial score (nSPS) is 15.2. The van der Waals surface area contributed by atoms with Crippen LogP contribution in [0.5, 0.6) is 0 Å². The van der Waals surface area contributed by atoms with Crippen molar-refractivity contribution in [1.29, 1.82) is 0 Å². The molecule has 7 heteroatoms. The molecule has 0 saturated carbocycles. The number of benzene rings is 1. The maximum atomic E-state index is 13.2. The quantitative estimate of drug-likeness (QED) is 0.662. The molecular weight excluding hydrogens is 374 g/mol. The molecule has 1 amide bonds. The van der Waals surface area contributed by atoms with E-state index in [4.69, 9.17) is 4.98 Å². The first-order valence-corrected chi connectivity index (χ1v) is 10.9. The van der Waals surface area contributed by atoms with Crippen LogP contribution in [0.3, 0.4) is 0 Å². The summed E-state index contributed by atoms with van der Waals surface area (Å²) < 4.78 is 0. The molecule has 0 saturated heterocycles. The molecule has 1 aliphatic heterocycles. The molecule has 1 aliphatic rings. The van der Waals surface area contributed by atoms with Crippen LogP contribution >= 0.6 is 11.8 Å². The number of aliphatic carboxylic acids is 1. The summed E-state index contributed by atoms with van der Waals surface area (Å²) in [5.41, 5.74) is 3.23. The van der Waals surface area contributed by atoms with Crippen molar-refractivity contribution >= 4 is 34.5 Å². The van der Waals surface area contributed by atoms with Crippen LogP contribution in [0.25, 0.3) is 10.9 Å².